The quantitative estimate of drug-likeness (QED) is 0.814. The van der Waals surface area contributed by atoms with E-state index in [1.807, 2.05) is 6.92 Å². The van der Waals surface area contributed by atoms with Crippen molar-refractivity contribution >= 4 is 12.0 Å². The Morgan fingerprint density at radius 2 is 2.05 bits per heavy atom. The number of carboxylic acids is 1. The topological polar surface area (TPSA) is 81.1 Å². The lowest BCUT2D eigenvalue weighted by molar-refractivity contribution is -0.152. The zero-order chi connectivity index (χ0) is 14.8. The fourth-order valence-electron chi connectivity index (χ4n) is 3.37. The summed E-state index contributed by atoms with van der Waals surface area (Å²) >= 11 is 0. The van der Waals surface area contributed by atoms with Crippen LogP contribution in [0.1, 0.15) is 39.0 Å². The monoisotopic (exact) mass is 284 g/mol. The van der Waals surface area contributed by atoms with E-state index in [2.05, 4.69) is 0 Å². The van der Waals surface area contributed by atoms with Crippen LogP contribution in [-0.4, -0.2) is 64.3 Å². The van der Waals surface area contributed by atoms with Crippen LogP contribution in [0.2, 0.25) is 0 Å². The molecular formula is C14H24N2O4. The maximum atomic E-state index is 12.5. The van der Waals surface area contributed by atoms with Crippen molar-refractivity contribution in [1.82, 2.24) is 9.80 Å². The number of nitrogens with zero attached hydrogens (tertiary/aromatic N) is 2. The first-order valence-corrected chi connectivity index (χ1v) is 7.44. The van der Waals surface area contributed by atoms with E-state index >= 15 is 0 Å². The number of carbonyl (C=O) groups is 2. The molecule has 2 rings (SSSR count). The number of aliphatic hydroxyl groups excluding tert-OH is 1. The molecule has 2 fully saturated rings. The molecule has 6 nitrogen and oxygen atoms in total. The van der Waals surface area contributed by atoms with Gasteiger partial charge in [0.05, 0.1) is 18.1 Å². The Balaban J connectivity index is 2.08. The van der Waals surface area contributed by atoms with Crippen molar-refractivity contribution in [3.05, 3.63) is 0 Å². The number of rotatable bonds is 3. The van der Waals surface area contributed by atoms with Crippen molar-refractivity contribution in [1.29, 1.82) is 0 Å². The van der Waals surface area contributed by atoms with Crippen LogP contribution in [0.4, 0.5) is 4.79 Å². The molecule has 2 atom stereocenters. The molecule has 0 bridgehead atoms. The second-order valence-electron chi connectivity index (χ2n) is 5.92. The zero-order valence-electron chi connectivity index (χ0n) is 12.0. The standard InChI is InChI=1S/C14H24N2O4/c1-2-14(12(18)19)6-4-7-15(10-14)13(20)16-8-3-5-11(16)9-17/h11,17H,2-10H2,1H3,(H,18,19). The normalized spacial score (nSPS) is 30.6. The summed E-state index contributed by atoms with van der Waals surface area (Å²) in [6.07, 6.45) is 3.63. The van der Waals surface area contributed by atoms with E-state index in [0.29, 0.717) is 25.9 Å². The lowest BCUT2D eigenvalue weighted by Gasteiger charge is -2.41. The number of urea groups is 1. The highest BCUT2D eigenvalue weighted by molar-refractivity contribution is 5.79. The van der Waals surface area contributed by atoms with Crippen LogP contribution in [0.15, 0.2) is 0 Å². The van der Waals surface area contributed by atoms with Gasteiger partial charge in [0.15, 0.2) is 0 Å². The Hall–Kier alpha value is -1.30. The molecule has 0 aromatic rings. The van der Waals surface area contributed by atoms with E-state index in [1.165, 1.54) is 0 Å². The second kappa shape index (κ2) is 5.99. The zero-order valence-corrected chi connectivity index (χ0v) is 12.0. The molecule has 0 saturated carbocycles. The van der Waals surface area contributed by atoms with Gasteiger partial charge < -0.3 is 20.0 Å². The molecule has 2 heterocycles. The third-order valence-corrected chi connectivity index (χ3v) is 4.81. The largest absolute Gasteiger partial charge is 0.481 e. The van der Waals surface area contributed by atoms with Crippen molar-refractivity contribution in [2.24, 2.45) is 5.41 Å². The van der Waals surface area contributed by atoms with Crippen LogP contribution >= 0.6 is 0 Å². The van der Waals surface area contributed by atoms with Gasteiger partial charge in [-0.2, -0.15) is 0 Å². The van der Waals surface area contributed by atoms with E-state index in [1.54, 1.807) is 9.80 Å². The van der Waals surface area contributed by atoms with Crippen LogP contribution in [0.5, 0.6) is 0 Å². The summed E-state index contributed by atoms with van der Waals surface area (Å²) in [6.45, 7) is 3.41. The minimum atomic E-state index is -0.808. The Morgan fingerprint density at radius 3 is 2.65 bits per heavy atom. The predicted molar refractivity (Wildman–Crippen MR) is 73.4 cm³/mol. The van der Waals surface area contributed by atoms with Crippen LogP contribution in [0, 0.1) is 5.41 Å². The number of carbonyl (C=O) groups excluding carboxylic acids is 1. The molecule has 20 heavy (non-hydrogen) atoms. The van der Waals surface area contributed by atoms with E-state index in [4.69, 9.17) is 0 Å². The molecule has 2 unspecified atom stereocenters. The number of amides is 2. The third-order valence-electron chi connectivity index (χ3n) is 4.81. The molecule has 2 amide bonds. The average Bonchev–Trinajstić information content (AvgIpc) is 2.94. The molecule has 2 N–H and O–H groups in total. The van der Waals surface area contributed by atoms with Crippen LogP contribution in [-0.2, 0) is 4.79 Å². The number of likely N-dealkylation sites (tertiary alicyclic amines) is 2. The minimum Gasteiger partial charge on any atom is -0.481 e. The fraction of sp³-hybridized carbons (Fsp3) is 0.857. The molecule has 0 aliphatic carbocycles. The van der Waals surface area contributed by atoms with Gasteiger partial charge in [-0.25, -0.2) is 4.79 Å². The smallest absolute Gasteiger partial charge is 0.320 e. The summed E-state index contributed by atoms with van der Waals surface area (Å²) < 4.78 is 0. The molecule has 2 aliphatic heterocycles. The predicted octanol–water partition coefficient (Wildman–Crippen LogP) is 1.14. The molecule has 2 saturated heterocycles. The van der Waals surface area contributed by atoms with Gasteiger partial charge in [0, 0.05) is 19.6 Å². The first-order valence-electron chi connectivity index (χ1n) is 7.44. The van der Waals surface area contributed by atoms with Gasteiger partial charge in [-0.3, -0.25) is 4.79 Å². The maximum absolute atomic E-state index is 12.5. The van der Waals surface area contributed by atoms with Crippen molar-refractivity contribution in [2.75, 3.05) is 26.2 Å². The Labute approximate surface area is 119 Å². The Kier molecular flexibility index (Phi) is 4.52. The summed E-state index contributed by atoms with van der Waals surface area (Å²) in [5.74, 6) is -0.808. The summed E-state index contributed by atoms with van der Waals surface area (Å²) in [5, 5.41) is 18.8. The second-order valence-corrected chi connectivity index (χ2v) is 5.92. The van der Waals surface area contributed by atoms with Crippen molar-refractivity contribution in [2.45, 2.75) is 45.1 Å². The van der Waals surface area contributed by atoms with E-state index < -0.39 is 11.4 Å². The SMILES string of the molecule is CCC1(C(=O)O)CCCN(C(=O)N2CCCC2CO)C1. The molecule has 0 aromatic carbocycles. The summed E-state index contributed by atoms with van der Waals surface area (Å²) in [5.41, 5.74) is -0.803. The molecule has 6 heteroatoms. The Morgan fingerprint density at radius 1 is 1.30 bits per heavy atom. The fourth-order valence-corrected chi connectivity index (χ4v) is 3.37. The minimum absolute atomic E-state index is 0.0164. The number of hydrogen-bond acceptors (Lipinski definition) is 3. The first-order chi connectivity index (χ1) is 9.54. The van der Waals surface area contributed by atoms with Crippen molar-refractivity contribution in [3.63, 3.8) is 0 Å². The summed E-state index contributed by atoms with van der Waals surface area (Å²) in [4.78, 5) is 27.4. The maximum Gasteiger partial charge on any atom is 0.320 e. The molecule has 0 spiro atoms. The van der Waals surface area contributed by atoms with E-state index in [-0.39, 0.29) is 25.2 Å². The highest BCUT2D eigenvalue weighted by Gasteiger charge is 2.43. The van der Waals surface area contributed by atoms with E-state index in [9.17, 15) is 19.8 Å². The molecule has 0 radical (unpaired) electrons. The lowest BCUT2D eigenvalue weighted by atomic mass is 9.78. The molecule has 114 valence electrons. The van der Waals surface area contributed by atoms with E-state index in [0.717, 1.165) is 19.3 Å². The molecule has 0 aromatic heterocycles. The first kappa shape index (κ1) is 15.1. The summed E-state index contributed by atoms with van der Waals surface area (Å²) in [6, 6.07) is -0.217. The van der Waals surface area contributed by atoms with Gasteiger partial charge in [0.1, 0.15) is 0 Å². The van der Waals surface area contributed by atoms with Crippen LogP contribution in [0.25, 0.3) is 0 Å². The number of piperidine rings is 1. The number of hydrogen-bond donors (Lipinski definition) is 2. The average molecular weight is 284 g/mol. The van der Waals surface area contributed by atoms with Crippen molar-refractivity contribution in [3.8, 4) is 0 Å². The number of carboxylic acid groups (broad SMARTS) is 1. The van der Waals surface area contributed by atoms with Gasteiger partial charge >= 0.3 is 12.0 Å². The highest BCUT2D eigenvalue weighted by atomic mass is 16.4. The number of aliphatic hydroxyl groups is 1. The number of aliphatic carboxylic acids is 1. The van der Waals surface area contributed by atoms with Crippen LogP contribution in [0.3, 0.4) is 0 Å². The van der Waals surface area contributed by atoms with Gasteiger partial charge in [-0.05, 0) is 32.1 Å². The van der Waals surface area contributed by atoms with Gasteiger partial charge in [-0.15, -0.1) is 0 Å². The lowest BCUT2D eigenvalue weighted by Crippen LogP contribution is -2.54. The Bertz CT molecular complexity index is 387. The highest BCUT2D eigenvalue weighted by Crippen LogP contribution is 2.34. The van der Waals surface area contributed by atoms with Gasteiger partial charge in [0.25, 0.3) is 0 Å². The van der Waals surface area contributed by atoms with Gasteiger partial charge in [0.2, 0.25) is 0 Å². The van der Waals surface area contributed by atoms with Crippen molar-refractivity contribution < 1.29 is 19.8 Å². The van der Waals surface area contributed by atoms with Crippen LogP contribution < -0.4 is 0 Å². The van der Waals surface area contributed by atoms with Gasteiger partial charge in [-0.1, -0.05) is 6.92 Å². The summed E-state index contributed by atoms with van der Waals surface area (Å²) in [7, 11) is 0. The molecule has 2 aliphatic rings. The third kappa shape index (κ3) is 2.61. The molecular weight excluding hydrogens is 260 g/mol.